The molecule has 0 unspecified atom stereocenters. The molecule has 0 amide bonds. The first-order valence-electron chi connectivity index (χ1n) is 5.40. The average molecular weight is 253 g/mol. The number of carboxylic acid groups (broad SMARTS) is 1. The van der Waals surface area contributed by atoms with Crippen molar-refractivity contribution >= 4 is 22.7 Å². The third kappa shape index (κ3) is 3.02. The summed E-state index contributed by atoms with van der Waals surface area (Å²) in [6.45, 7) is 1.81. The molecule has 1 aromatic carbocycles. The van der Waals surface area contributed by atoms with Gasteiger partial charge in [-0.15, -0.1) is 0 Å². The standard InChI is InChI=1S/C13H13NO3.Na/c1-8-13(11(15)6-7-12(16)17)9-4-2-3-5-10(9)14-8;/h2-5,14H,6-7H2,1H3,(H,16,17);/q;+1/p-1. The molecule has 0 atom stereocenters. The van der Waals surface area contributed by atoms with Crippen molar-refractivity contribution in [1.82, 2.24) is 4.98 Å². The number of nitrogens with one attached hydrogen (secondary N) is 1. The van der Waals surface area contributed by atoms with Crippen molar-refractivity contribution in [2.45, 2.75) is 19.8 Å². The fourth-order valence-corrected chi connectivity index (χ4v) is 1.98. The summed E-state index contributed by atoms with van der Waals surface area (Å²) in [5, 5.41) is 11.2. The van der Waals surface area contributed by atoms with Crippen LogP contribution in [0.25, 0.3) is 10.9 Å². The molecule has 4 nitrogen and oxygen atoms in total. The number of para-hydroxylation sites is 1. The van der Waals surface area contributed by atoms with Crippen molar-refractivity contribution in [2.75, 3.05) is 0 Å². The number of H-pyrrole nitrogens is 1. The van der Waals surface area contributed by atoms with Gasteiger partial charge in [0.15, 0.2) is 5.78 Å². The number of carboxylic acids is 1. The van der Waals surface area contributed by atoms with E-state index in [0.717, 1.165) is 16.6 Å². The largest absolute Gasteiger partial charge is 1.00 e. The maximum atomic E-state index is 11.9. The van der Waals surface area contributed by atoms with Crippen LogP contribution in [0.2, 0.25) is 0 Å². The van der Waals surface area contributed by atoms with Crippen molar-refractivity contribution < 1.29 is 44.3 Å². The second kappa shape index (κ2) is 6.18. The van der Waals surface area contributed by atoms with Crippen LogP contribution in [0, 0.1) is 6.92 Å². The minimum Gasteiger partial charge on any atom is -0.550 e. The number of hydrogen-bond acceptors (Lipinski definition) is 3. The van der Waals surface area contributed by atoms with Gasteiger partial charge in [-0.05, 0) is 19.4 Å². The van der Waals surface area contributed by atoms with Gasteiger partial charge < -0.3 is 14.9 Å². The van der Waals surface area contributed by atoms with E-state index in [1.54, 1.807) is 0 Å². The van der Waals surface area contributed by atoms with E-state index in [-0.39, 0.29) is 48.2 Å². The molecule has 0 fully saturated rings. The number of aromatic amines is 1. The zero-order valence-electron chi connectivity index (χ0n) is 10.4. The number of benzene rings is 1. The Kier molecular flexibility index (Phi) is 5.14. The first-order valence-corrected chi connectivity index (χ1v) is 5.40. The molecular formula is C13H12NNaO3. The van der Waals surface area contributed by atoms with Gasteiger partial charge in [0.1, 0.15) is 0 Å². The summed E-state index contributed by atoms with van der Waals surface area (Å²) < 4.78 is 0. The third-order valence-electron chi connectivity index (χ3n) is 2.73. The summed E-state index contributed by atoms with van der Waals surface area (Å²) in [5.41, 5.74) is 2.25. The molecule has 0 bridgehead atoms. The molecule has 88 valence electrons. The van der Waals surface area contributed by atoms with Gasteiger partial charge in [-0.25, -0.2) is 0 Å². The maximum absolute atomic E-state index is 11.9. The van der Waals surface area contributed by atoms with Crippen LogP contribution in [-0.4, -0.2) is 16.7 Å². The van der Waals surface area contributed by atoms with Gasteiger partial charge in [0.25, 0.3) is 0 Å². The summed E-state index contributed by atoms with van der Waals surface area (Å²) in [6, 6.07) is 7.47. The summed E-state index contributed by atoms with van der Waals surface area (Å²) in [6.07, 6.45) is -0.261. The number of aliphatic carboxylic acids is 1. The Bertz CT molecular complexity index is 589. The average Bonchev–Trinajstić information content (AvgIpc) is 2.61. The number of aromatic nitrogens is 1. The Hall–Kier alpha value is -1.10. The van der Waals surface area contributed by atoms with Gasteiger partial charge in [0.2, 0.25) is 0 Å². The molecular weight excluding hydrogens is 241 g/mol. The summed E-state index contributed by atoms with van der Waals surface area (Å²) in [5.74, 6) is -1.36. The molecule has 0 aliphatic carbocycles. The van der Waals surface area contributed by atoms with E-state index < -0.39 is 5.97 Å². The Morgan fingerprint density at radius 2 is 1.89 bits per heavy atom. The quantitative estimate of drug-likeness (QED) is 0.516. The molecule has 5 heteroatoms. The molecule has 1 N–H and O–H groups in total. The Balaban J connectivity index is 0.00000162. The van der Waals surface area contributed by atoms with E-state index in [1.807, 2.05) is 31.2 Å². The van der Waals surface area contributed by atoms with Gasteiger partial charge in [0.05, 0.1) is 0 Å². The molecule has 0 aliphatic rings. The summed E-state index contributed by atoms with van der Waals surface area (Å²) in [4.78, 5) is 25.4. The first-order chi connectivity index (χ1) is 8.09. The van der Waals surface area contributed by atoms with Crippen LogP contribution >= 0.6 is 0 Å². The third-order valence-corrected chi connectivity index (χ3v) is 2.73. The predicted octanol–water partition coefficient (Wildman–Crippen LogP) is -1.81. The molecule has 18 heavy (non-hydrogen) atoms. The van der Waals surface area contributed by atoms with Gasteiger partial charge in [-0.1, -0.05) is 18.2 Å². The minimum atomic E-state index is -1.20. The SMILES string of the molecule is Cc1[nH]c2ccccc2c1C(=O)CCC(=O)[O-].[Na+]. The monoisotopic (exact) mass is 253 g/mol. The number of ketones is 1. The van der Waals surface area contributed by atoms with Gasteiger partial charge in [-0.3, -0.25) is 4.79 Å². The van der Waals surface area contributed by atoms with Gasteiger partial charge in [-0.2, -0.15) is 0 Å². The molecule has 0 aliphatic heterocycles. The van der Waals surface area contributed by atoms with E-state index in [4.69, 9.17) is 0 Å². The number of carbonyl (C=O) groups excluding carboxylic acids is 2. The fraction of sp³-hybridized carbons (Fsp3) is 0.231. The van der Waals surface area contributed by atoms with E-state index >= 15 is 0 Å². The number of fused-ring (bicyclic) bond motifs is 1. The zero-order chi connectivity index (χ0) is 12.4. The zero-order valence-corrected chi connectivity index (χ0v) is 12.4. The molecule has 2 aromatic rings. The molecule has 0 saturated heterocycles. The molecule has 1 heterocycles. The number of Topliss-reactive ketones (excluding diaryl/α,β-unsaturated/α-hetero) is 1. The Morgan fingerprint density at radius 1 is 1.22 bits per heavy atom. The molecule has 1 aromatic heterocycles. The number of carbonyl (C=O) groups is 2. The Labute approximate surface area is 127 Å². The number of rotatable bonds is 4. The smallest absolute Gasteiger partial charge is 0.550 e. The van der Waals surface area contributed by atoms with Crippen LogP contribution in [0.15, 0.2) is 24.3 Å². The van der Waals surface area contributed by atoms with E-state index in [0.29, 0.717) is 5.56 Å². The topological polar surface area (TPSA) is 73.0 Å². The van der Waals surface area contributed by atoms with E-state index in [2.05, 4.69) is 4.98 Å². The molecule has 0 radical (unpaired) electrons. The van der Waals surface area contributed by atoms with Crippen molar-refractivity contribution in [3.8, 4) is 0 Å². The van der Waals surface area contributed by atoms with Crippen molar-refractivity contribution in [2.24, 2.45) is 0 Å². The molecule has 2 rings (SSSR count). The normalized spacial score (nSPS) is 10.1. The van der Waals surface area contributed by atoms with Crippen LogP contribution in [0.3, 0.4) is 0 Å². The second-order valence-electron chi connectivity index (χ2n) is 3.97. The van der Waals surface area contributed by atoms with Gasteiger partial charge in [0, 0.05) is 34.6 Å². The minimum absolute atomic E-state index is 0. The molecule has 0 spiro atoms. The summed E-state index contributed by atoms with van der Waals surface area (Å²) >= 11 is 0. The maximum Gasteiger partial charge on any atom is 1.00 e. The van der Waals surface area contributed by atoms with E-state index in [1.165, 1.54) is 0 Å². The number of aryl methyl sites for hydroxylation is 1. The predicted molar refractivity (Wildman–Crippen MR) is 61.6 cm³/mol. The van der Waals surface area contributed by atoms with Crippen LogP contribution < -0.4 is 34.7 Å². The van der Waals surface area contributed by atoms with Crippen LogP contribution in [0.5, 0.6) is 0 Å². The number of hydrogen-bond donors (Lipinski definition) is 1. The second-order valence-corrected chi connectivity index (χ2v) is 3.97. The van der Waals surface area contributed by atoms with Gasteiger partial charge >= 0.3 is 29.6 Å². The van der Waals surface area contributed by atoms with Crippen LogP contribution in [-0.2, 0) is 4.79 Å². The van der Waals surface area contributed by atoms with E-state index in [9.17, 15) is 14.7 Å². The van der Waals surface area contributed by atoms with Crippen molar-refractivity contribution in [3.63, 3.8) is 0 Å². The first kappa shape index (κ1) is 15.0. The Morgan fingerprint density at radius 3 is 2.56 bits per heavy atom. The fourth-order valence-electron chi connectivity index (χ4n) is 1.98. The van der Waals surface area contributed by atoms with Crippen molar-refractivity contribution in [3.05, 3.63) is 35.5 Å². The van der Waals surface area contributed by atoms with Crippen molar-refractivity contribution in [1.29, 1.82) is 0 Å². The van der Waals surface area contributed by atoms with Crippen LogP contribution in [0.1, 0.15) is 28.9 Å². The summed E-state index contributed by atoms with van der Waals surface area (Å²) in [7, 11) is 0. The van der Waals surface area contributed by atoms with Crippen LogP contribution in [0.4, 0.5) is 0 Å². The molecule has 0 saturated carbocycles.